The predicted octanol–water partition coefficient (Wildman–Crippen LogP) is 4.57. The summed E-state index contributed by atoms with van der Waals surface area (Å²) in [5.41, 5.74) is -0.345. The molecule has 1 aliphatic heterocycles. The first-order chi connectivity index (χ1) is 12.8. The Balaban J connectivity index is 1.79. The van der Waals surface area contributed by atoms with Crippen LogP contribution in [-0.2, 0) is 11.0 Å². The van der Waals surface area contributed by atoms with Crippen molar-refractivity contribution < 1.29 is 31.8 Å². The number of ether oxygens (including phenoxy) is 2. The average molecular weight is 381 g/mol. The molecule has 3 rings (SSSR count). The summed E-state index contributed by atoms with van der Waals surface area (Å²) in [6.07, 6.45) is -4.81. The Hall–Kier alpha value is -3.03. The molecule has 0 aliphatic carbocycles. The molecule has 0 fully saturated rings. The fraction of sp³-hybridized carbons (Fsp3) is 0.211. The molecule has 1 amide bonds. The van der Waals surface area contributed by atoms with Gasteiger partial charge < -0.3 is 14.8 Å². The number of nitrogens with one attached hydrogen (secondary N) is 1. The molecule has 0 bridgehead atoms. The maximum atomic E-state index is 14.1. The van der Waals surface area contributed by atoms with Crippen LogP contribution in [0.5, 0.6) is 17.2 Å². The number of hydrogen-bond donors (Lipinski definition) is 1. The monoisotopic (exact) mass is 381 g/mol. The summed E-state index contributed by atoms with van der Waals surface area (Å²) in [7, 11) is 0. The molecule has 27 heavy (non-hydrogen) atoms. The van der Waals surface area contributed by atoms with Crippen LogP contribution in [0, 0.1) is 0 Å². The molecule has 0 unspecified atom stereocenters. The third-order valence-electron chi connectivity index (χ3n) is 3.98. The Labute approximate surface area is 152 Å². The predicted molar refractivity (Wildman–Crippen MR) is 89.4 cm³/mol. The van der Waals surface area contributed by atoms with Crippen molar-refractivity contribution in [3.63, 3.8) is 0 Å². The SMILES string of the molecule is C=CC(=O)N[C@H]1c2ccc(Oc3ccc(C(F)(F)F)cc3)cc2OC[C@H]1F. The van der Waals surface area contributed by atoms with Crippen LogP contribution in [0.3, 0.4) is 0 Å². The second kappa shape index (κ2) is 7.30. The molecule has 4 nitrogen and oxygen atoms in total. The lowest BCUT2D eigenvalue weighted by atomic mass is 9.99. The second-order valence-corrected chi connectivity index (χ2v) is 5.84. The average Bonchev–Trinajstić information content (AvgIpc) is 2.63. The molecule has 2 atom stereocenters. The third kappa shape index (κ3) is 4.21. The molecule has 0 radical (unpaired) electrons. The zero-order valence-electron chi connectivity index (χ0n) is 13.9. The highest BCUT2D eigenvalue weighted by atomic mass is 19.4. The summed E-state index contributed by atoms with van der Waals surface area (Å²) in [6.45, 7) is 3.08. The summed E-state index contributed by atoms with van der Waals surface area (Å²) in [5, 5.41) is 2.50. The van der Waals surface area contributed by atoms with Gasteiger partial charge in [-0.05, 0) is 42.5 Å². The first-order valence-corrected chi connectivity index (χ1v) is 7.97. The van der Waals surface area contributed by atoms with Crippen molar-refractivity contribution in [1.82, 2.24) is 5.32 Å². The molecule has 0 saturated heterocycles. The molecule has 0 spiro atoms. The highest BCUT2D eigenvalue weighted by molar-refractivity contribution is 5.87. The van der Waals surface area contributed by atoms with Gasteiger partial charge in [-0.25, -0.2) is 4.39 Å². The van der Waals surface area contributed by atoms with Crippen LogP contribution in [0.1, 0.15) is 17.2 Å². The van der Waals surface area contributed by atoms with Crippen LogP contribution >= 0.6 is 0 Å². The molecule has 8 heteroatoms. The zero-order valence-corrected chi connectivity index (χ0v) is 13.9. The Morgan fingerprint density at radius 1 is 1.19 bits per heavy atom. The van der Waals surface area contributed by atoms with E-state index in [1.54, 1.807) is 0 Å². The van der Waals surface area contributed by atoms with E-state index < -0.39 is 29.9 Å². The normalized spacial score (nSPS) is 18.8. The summed E-state index contributed by atoms with van der Waals surface area (Å²) >= 11 is 0. The lowest BCUT2D eigenvalue weighted by molar-refractivity contribution is -0.137. The molecule has 1 heterocycles. The van der Waals surface area contributed by atoms with Crippen LogP contribution in [0.2, 0.25) is 0 Å². The van der Waals surface area contributed by atoms with Gasteiger partial charge in [0.15, 0.2) is 6.17 Å². The maximum absolute atomic E-state index is 14.1. The number of halogens is 4. The molecule has 2 aromatic carbocycles. The molecule has 1 N–H and O–H groups in total. The van der Waals surface area contributed by atoms with Crippen LogP contribution in [-0.4, -0.2) is 18.7 Å². The number of alkyl halides is 4. The van der Waals surface area contributed by atoms with Gasteiger partial charge in [-0.15, -0.1) is 0 Å². The summed E-state index contributed by atoms with van der Waals surface area (Å²) in [6, 6.07) is 7.89. The van der Waals surface area contributed by atoms with Crippen molar-refractivity contribution >= 4 is 5.91 Å². The molecule has 0 saturated carbocycles. The van der Waals surface area contributed by atoms with Crippen LogP contribution < -0.4 is 14.8 Å². The smallest absolute Gasteiger partial charge is 0.416 e. The maximum Gasteiger partial charge on any atom is 0.416 e. The van der Waals surface area contributed by atoms with Crippen LogP contribution in [0.15, 0.2) is 55.1 Å². The topological polar surface area (TPSA) is 47.6 Å². The van der Waals surface area contributed by atoms with Gasteiger partial charge >= 0.3 is 6.18 Å². The summed E-state index contributed by atoms with van der Waals surface area (Å²) < 4.78 is 62.8. The van der Waals surface area contributed by atoms with Crippen molar-refractivity contribution in [2.45, 2.75) is 18.4 Å². The minimum Gasteiger partial charge on any atom is -0.490 e. The zero-order chi connectivity index (χ0) is 19.6. The highest BCUT2D eigenvalue weighted by Crippen LogP contribution is 2.38. The number of benzene rings is 2. The number of carbonyl (C=O) groups is 1. The lowest BCUT2D eigenvalue weighted by Gasteiger charge is -2.29. The number of rotatable bonds is 4. The van der Waals surface area contributed by atoms with Crippen molar-refractivity contribution in [2.24, 2.45) is 0 Å². The van der Waals surface area contributed by atoms with Gasteiger partial charge in [-0.3, -0.25) is 4.79 Å². The lowest BCUT2D eigenvalue weighted by Crippen LogP contribution is -2.39. The van der Waals surface area contributed by atoms with E-state index in [0.717, 1.165) is 18.2 Å². The van der Waals surface area contributed by atoms with Gasteiger partial charge in [0.2, 0.25) is 5.91 Å². The Morgan fingerprint density at radius 2 is 1.85 bits per heavy atom. The summed E-state index contributed by atoms with van der Waals surface area (Å²) in [4.78, 5) is 11.5. The minimum atomic E-state index is -4.42. The van der Waals surface area contributed by atoms with Crippen LogP contribution in [0.4, 0.5) is 17.6 Å². The first-order valence-electron chi connectivity index (χ1n) is 7.97. The highest BCUT2D eigenvalue weighted by Gasteiger charge is 2.32. The standard InChI is InChI=1S/C19H15F4NO3/c1-2-17(25)24-18-14-8-7-13(9-16(14)26-10-15(18)20)27-12-5-3-11(4-6-12)19(21,22)23/h2-9,15,18H,1,10H2,(H,24,25)/t15-,18+/m1/s1. The fourth-order valence-corrected chi connectivity index (χ4v) is 2.65. The molecule has 142 valence electrons. The van der Waals surface area contributed by atoms with E-state index >= 15 is 0 Å². The molecular weight excluding hydrogens is 366 g/mol. The van der Waals surface area contributed by atoms with E-state index in [1.165, 1.54) is 30.3 Å². The Kier molecular flexibility index (Phi) is 5.07. The number of fused-ring (bicyclic) bond motifs is 1. The van der Waals surface area contributed by atoms with Crippen molar-refractivity contribution in [2.75, 3.05) is 6.61 Å². The molecule has 1 aliphatic rings. The van der Waals surface area contributed by atoms with Gasteiger partial charge in [0.25, 0.3) is 0 Å². The Morgan fingerprint density at radius 3 is 2.48 bits per heavy atom. The van der Waals surface area contributed by atoms with E-state index in [-0.39, 0.29) is 12.4 Å². The van der Waals surface area contributed by atoms with Gasteiger partial charge in [-0.1, -0.05) is 6.58 Å². The third-order valence-corrected chi connectivity index (χ3v) is 3.98. The Bertz CT molecular complexity index is 849. The molecular formula is C19H15F4NO3. The molecule has 0 aromatic heterocycles. The van der Waals surface area contributed by atoms with E-state index in [0.29, 0.717) is 17.1 Å². The van der Waals surface area contributed by atoms with Gasteiger partial charge in [-0.2, -0.15) is 13.2 Å². The van der Waals surface area contributed by atoms with Crippen molar-refractivity contribution in [3.8, 4) is 17.2 Å². The van der Waals surface area contributed by atoms with Crippen molar-refractivity contribution in [1.29, 1.82) is 0 Å². The van der Waals surface area contributed by atoms with Gasteiger partial charge in [0.1, 0.15) is 23.9 Å². The first kappa shape index (κ1) is 18.8. The largest absolute Gasteiger partial charge is 0.490 e. The van der Waals surface area contributed by atoms with E-state index in [2.05, 4.69) is 11.9 Å². The van der Waals surface area contributed by atoms with E-state index in [9.17, 15) is 22.4 Å². The van der Waals surface area contributed by atoms with Gasteiger partial charge in [0.05, 0.1) is 11.6 Å². The number of hydrogen-bond acceptors (Lipinski definition) is 3. The fourth-order valence-electron chi connectivity index (χ4n) is 2.65. The van der Waals surface area contributed by atoms with E-state index in [4.69, 9.17) is 9.47 Å². The van der Waals surface area contributed by atoms with Crippen LogP contribution in [0.25, 0.3) is 0 Å². The minimum absolute atomic E-state index is 0.207. The van der Waals surface area contributed by atoms with E-state index in [1.807, 2.05) is 0 Å². The van der Waals surface area contributed by atoms with Crippen molar-refractivity contribution in [3.05, 3.63) is 66.2 Å². The number of amides is 1. The van der Waals surface area contributed by atoms with Gasteiger partial charge in [0, 0.05) is 11.6 Å². The summed E-state index contributed by atoms with van der Waals surface area (Å²) in [5.74, 6) is 0.321. The second-order valence-electron chi connectivity index (χ2n) is 5.84. The molecule has 2 aromatic rings. The number of carbonyl (C=O) groups excluding carboxylic acids is 1. The quantitative estimate of drug-likeness (QED) is 0.623.